The van der Waals surface area contributed by atoms with Crippen molar-refractivity contribution in [3.63, 3.8) is 0 Å². The fourth-order valence-electron chi connectivity index (χ4n) is 1.28. The van der Waals surface area contributed by atoms with Gasteiger partial charge in [-0.3, -0.25) is 0 Å². The maximum atomic E-state index is 5.76. The lowest BCUT2D eigenvalue weighted by Gasteiger charge is -2.03. The molecule has 0 amide bonds. The molecule has 16 heavy (non-hydrogen) atoms. The molecular formula is C11H10BrN3S. The van der Waals surface area contributed by atoms with Crippen molar-refractivity contribution in [2.24, 2.45) is 0 Å². The van der Waals surface area contributed by atoms with Gasteiger partial charge < -0.3 is 5.73 Å². The third-order valence-corrected chi connectivity index (χ3v) is 3.39. The molecule has 0 aliphatic rings. The minimum Gasteiger partial charge on any atom is -0.399 e. The van der Waals surface area contributed by atoms with Gasteiger partial charge in [-0.1, -0.05) is 15.9 Å². The van der Waals surface area contributed by atoms with Gasteiger partial charge in [-0.2, -0.15) is 0 Å². The number of aromatic nitrogens is 2. The zero-order valence-electron chi connectivity index (χ0n) is 8.43. The van der Waals surface area contributed by atoms with Crippen molar-refractivity contribution in [1.29, 1.82) is 0 Å². The van der Waals surface area contributed by atoms with E-state index in [1.807, 2.05) is 18.2 Å². The van der Waals surface area contributed by atoms with E-state index in [2.05, 4.69) is 32.0 Å². The molecule has 0 atom stereocenters. The number of nitrogens with zero attached hydrogens (tertiary/aromatic N) is 2. The lowest BCUT2D eigenvalue weighted by Crippen LogP contribution is -1.89. The minimum atomic E-state index is 0.771. The summed E-state index contributed by atoms with van der Waals surface area (Å²) >= 11 is 5.09. The summed E-state index contributed by atoms with van der Waals surface area (Å²) in [4.78, 5) is 8.02. The largest absolute Gasteiger partial charge is 0.399 e. The zero-order chi connectivity index (χ0) is 11.4. The summed E-state index contributed by atoms with van der Waals surface area (Å²) in [6.07, 6.45) is 3.29. The molecule has 2 rings (SSSR count). The van der Waals surface area contributed by atoms with Crippen molar-refractivity contribution in [2.75, 3.05) is 5.73 Å². The summed E-state index contributed by atoms with van der Waals surface area (Å²) in [5.41, 5.74) is 7.71. The first-order valence-electron chi connectivity index (χ1n) is 4.68. The molecule has 5 heteroatoms. The number of anilines is 1. The molecule has 0 aliphatic carbocycles. The molecule has 0 bridgehead atoms. The van der Waals surface area contributed by atoms with Crippen LogP contribution in [-0.2, 0) is 5.75 Å². The second-order valence-corrected chi connectivity index (χ2v) is 5.14. The molecule has 1 aromatic carbocycles. The fraction of sp³-hybridized carbons (Fsp3) is 0.0909. The summed E-state index contributed by atoms with van der Waals surface area (Å²) < 4.78 is 1.01. The second kappa shape index (κ2) is 5.32. The van der Waals surface area contributed by atoms with Crippen LogP contribution in [0, 0.1) is 0 Å². The molecule has 0 radical (unpaired) electrons. The molecular weight excluding hydrogens is 286 g/mol. The third-order valence-electron chi connectivity index (χ3n) is 1.92. The smallest absolute Gasteiger partial charge is 0.116 e. The third kappa shape index (κ3) is 3.21. The normalized spacial score (nSPS) is 10.3. The highest BCUT2D eigenvalue weighted by Gasteiger charge is 1.99. The standard InChI is InChI=1S/C11H10BrN3S/c12-9-3-8(4-10(13)5-9)6-16-11-1-2-14-7-15-11/h1-5,7H,6,13H2. The van der Waals surface area contributed by atoms with Crippen LogP contribution in [0.4, 0.5) is 5.69 Å². The number of benzene rings is 1. The van der Waals surface area contributed by atoms with Crippen molar-refractivity contribution >= 4 is 33.4 Å². The van der Waals surface area contributed by atoms with E-state index in [0.29, 0.717) is 0 Å². The molecule has 2 N–H and O–H groups in total. The maximum absolute atomic E-state index is 5.76. The predicted octanol–water partition coefficient (Wildman–Crippen LogP) is 3.11. The number of rotatable bonds is 3. The fourth-order valence-corrected chi connectivity index (χ4v) is 2.60. The van der Waals surface area contributed by atoms with E-state index >= 15 is 0 Å². The monoisotopic (exact) mass is 295 g/mol. The molecule has 2 aromatic rings. The van der Waals surface area contributed by atoms with Crippen molar-refractivity contribution in [1.82, 2.24) is 9.97 Å². The van der Waals surface area contributed by atoms with E-state index in [0.717, 1.165) is 20.9 Å². The van der Waals surface area contributed by atoms with E-state index in [1.165, 1.54) is 5.56 Å². The van der Waals surface area contributed by atoms with Gasteiger partial charge in [0, 0.05) is 22.1 Å². The highest BCUT2D eigenvalue weighted by Crippen LogP contribution is 2.24. The quantitative estimate of drug-likeness (QED) is 0.537. The van der Waals surface area contributed by atoms with E-state index in [4.69, 9.17) is 5.73 Å². The molecule has 3 nitrogen and oxygen atoms in total. The summed E-state index contributed by atoms with van der Waals surface area (Å²) in [6.45, 7) is 0. The summed E-state index contributed by atoms with van der Waals surface area (Å²) in [6, 6.07) is 7.81. The summed E-state index contributed by atoms with van der Waals surface area (Å²) in [5, 5.41) is 0.966. The molecule has 0 spiro atoms. The molecule has 1 aromatic heterocycles. The van der Waals surface area contributed by atoms with Crippen LogP contribution in [0.2, 0.25) is 0 Å². The summed E-state index contributed by atoms with van der Waals surface area (Å²) in [7, 11) is 0. The Bertz CT molecular complexity index is 456. The van der Waals surface area contributed by atoms with Gasteiger partial charge in [0.15, 0.2) is 0 Å². The van der Waals surface area contributed by atoms with Gasteiger partial charge in [0.2, 0.25) is 0 Å². The average molecular weight is 296 g/mol. The number of thioether (sulfide) groups is 1. The Kier molecular flexibility index (Phi) is 3.79. The number of halogens is 1. The zero-order valence-corrected chi connectivity index (χ0v) is 10.8. The molecule has 0 unspecified atom stereocenters. The van der Waals surface area contributed by atoms with E-state index in [9.17, 15) is 0 Å². The Hall–Kier alpha value is -1.07. The van der Waals surface area contributed by atoms with Crippen LogP contribution in [-0.4, -0.2) is 9.97 Å². The Labute approximate surface area is 107 Å². The lowest BCUT2D eigenvalue weighted by molar-refractivity contribution is 1.05. The molecule has 0 saturated heterocycles. The van der Waals surface area contributed by atoms with Gasteiger partial charge in [0.1, 0.15) is 6.33 Å². The topological polar surface area (TPSA) is 51.8 Å². The lowest BCUT2D eigenvalue weighted by atomic mass is 10.2. The van der Waals surface area contributed by atoms with Gasteiger partial charge in [-0.25, -0.2) is 9.97 Å². The van der Waals surface area contributed by atoms with Gasteiger partial charge in [-0.05, 0) is 29.8 Å². The first-order chi connectivity index (χ1) is 7.74. The Morgan fingerprint density at radius 3 is 2.88 bits per heavy atom. The van der Waals surface area contributed by atoms with Gasteiger partial charge in [-0.15, -0.1) is 11.8 Å². The van der Waals surface area contributed by atoms with Crippen molar-refractivity contribution in [2.45, 2.75) is 10.8 Å². The first-order valence-corrected chi connectivity index (χ1v) is 6.45. The Morgan fingerprint density at radius 1 is 1.31 bits per heavy atom. The number of hydrogen-bond donors (Lipinski definition) is 1. The van der Waals surface area contributed by atoms with Crippen LogP contribution in [0.25, 0.3) is 0 Å². The van der Waals surface area contributed by atoms with Crippen LogP contribution in [0.5, 0.6) is 0 Å². The van der Waals surface area contributed by atoms with Crippen LogP contribution < -0.4 is 5.73 Å². The SMILES string of the molecule is Nc1cc(Br)cc(CSc2ccncn2)c1. The van der Waals surface area contributed by atoms with Gasteiger partial charge in [0.05, 0.1) is 5.03 Å². The van der Waals surface area contributed by atoms with Crippen LogP contribution in [0.3, 0.4) is 0 Å². The van der Waals surface area contributed by atoms with Crippen LogP contribution in [0.1, 0.15) is 5.56 Å². The highest BCUT2D eigenvalue weighted by molar-refractivity contribution is 9.10. The van der Waals surface area contributed by atoms with Crippen molar-refractivity contribution in [3.8, 4) is 0 Å². The predicted molar refractivity (Wildman–Crippen MR) is 70.1 cm³/mol. The average Bonchev–Trinajstić information content (AvgIpc) is 2.27. The molecule has 82 valence electrons. The van der Waals surface area contributed by atoms with Crippen molar-refractivity contribution < 1.29 is 0 Å². The summed E-state index contributed by atoms with van der Waals surface area (Å²) in [5.74, 6) is 0.848. The molecule has 1 heterocycles. The molecule has 0 aliphatic heterocycles. The Morgan fingerprint density at radius 2 is 2.19 bits per heavy atom. The molecule has 0 saturated carbocycles. The Balaban J connectivity index is 2.05. The first kappa shape index (κ1) is 11.4. The maximum Gasteiger partial charge on any atom is 0.116 e. The number of nitrogens with two attached hydrogens (primary N) is 1. The number of hydrogen-bond acceptors (Lipinski definition) is 4. The highest BCUT2D eigenvalue weighted by atomic mass is 79.9. The van der Waals surface area contributed by atoms with E-state index in [-0.39, 0.29) is 0 Å². The number of nitrogen functional groups attached to an aromatic ring is 1. The second-order valence-electron chi connectivity index (χ2n) is 3.23. The molecule has 0 fully saturated rings. The van der Waals surface area contributed by atoms with E-state index < -0.39 is 0 Å². The van der Waals surface area contributed by atoms with Gasteiger partial charge in [0.25, 0.3) is 0 Å². The minimum absolute atomic E-state index is 0.771. The van der Waals surface area contributed by atoms with Crippen molar-refractivity contribution in [3.05, 3.63) is 46.8 Å². The van der Waals surface area contributed by atoms with E-state index in [1.54, 1.807) is 24.3 Å². The van der Waals surface area contributed by atoms with Crippen LogP contribution in [0.15, 0.2) is 46.3 Å². The van der Waals surface area contributed by atoms with Crippen LogP contribution >= 0.6 is 27.7 Å². The van der Waals surface area contributed by atoms with Gasteiger partial charge >= 0.3 is 0 Å².